The van der Waals surface area contributed by atoms with E-state index >= 15 is 0 Å². The Balaban J connectivity index is 1.89. The number of anilines is 1. The van der Waals surface area contributed by atoms with Crippen LogP contribution < -0.4 is 17.0 Å². The van der Waals surface area contributed by atoms with Crippen LogP contribution in [0.2, 0.25) is 0 Å². The summed E-state index contributed by atoms with van der Waals surface area (Å²) in [6, 6.07) is 3.99. The van der Waals surface area contributed by atoms with E-state index in [1.54, 1.807) is 17.4 Å². The molecule has 0 aliphatic heterocycles. The molecule has 0 radical (unpaired) electrons. The third-order valence-electron chi connectivity index (χ3n) is 3.18. The van der Waals surface area contributed by atoms with Crippen LogP contribution in [0.15, 0.2) is 36.0 Å². The fourth-order valence-electron chi connectivity index (χ4n) is 2.19. The number of hydrazine groups is 1. The van der Waals surface area contributed by atoms with Gasteiger partial charge in [0.05, 0.1) is 11.7 Å². The van der Waals surface area contributed by atoms with E-state index < -0.39 is 0 Å². The van der Waals surface area contributed by atoms with Gasteiger partial charge in [0.25, 0.3) is 0 Å². The maximum absolute atomic E-state index is 13.4. The summed E-state index contributed by atoms with van der Waals surface area (Å²) < 4.78 is 15.3. The van der Waals surface area contributed by atoms with Gasteiger partial charge in [0.15, 0.2) is 4.96 Å². The summed E-state index contributed by atoms with van der Waals surface area (Å²) in [7, 11) is 0. The van der Waals surface area contributed by atoms with Gasteiger partial charge < -0.3 is 5.73 Å². The van der Waals surface area contributed by atoms with E-state index in [1.807, 2.05) is 22.2 Å². The summed E-state index contributed by atoms with van der Waals surface area (Å²) in [5.41, 5.74) is 10.6. The van der Waals surface area contributed by atoms with Crippen LogP contribution in [0.5, 0.6) is 0 Å². The topological polar surface area (TPSA) is 81.4 Å². The third-order valence-corrected chi connectivity index (χ3v) is 3.95. The molecule has 0 aliphatic rings. The molecule has 3 rings (SSSR count). The van der Waals surface area contributed by atoms with E-state index in [2.05, 4.69) is 10.4 Å². The Morgan fingerprint density at radius 3 is 3.05 bits per heavy atom. The molecule has 20 heavy (non-hydrogen) atoms. The van der Waals surface area contributed by atoms with Crippen molar-refractivity contribution >= 4 is 22.0 Å². The first-order valence-electron chi connectivity index (χ1n) is 6.09. The normalized spacial score (nSPS) is 12.9. The summed E-state index contributed by atoms with van der Waals surface area (Å²) in [5.74, 6) is 5.25. The van der Waals surface area contributed by atoms with Gasteiger partial charge in [0.1, 0.15) is 5.82 Å². The van der Waals surface area contributed by atoms with Gasteiger partial charge in [0.2, 0.25) is 0 Å². The van der Waals surface area contributed by atoms with Crippen molar-refractivity contribution in [2.75, 3.05) is 5.73 Å². The largest absolute Gasteiger partial charge is 0.398 e. The molecule has 1 atom stereocenters. The van der Waals surface area contributed by atoms with E-state index in [1.165, 1.54) is 12.1 Å². The molecule has 0 saturated heterocycles. The van der Waals surface area contributed by atoms with Crippen molar-refractivity contribution in [3.63, 3.8) is 0 Å². The summed E-state index contributed by atoms with van der Waals surface area (Å²) in [5, 5.41) is 1.97. The minimum absolute atomic E-state index is 0.282. The predicted molar refractivity (Wildman–Crippen MR) is 77.6 cm³/mol. The molecule has 7 heteroatoms. The smallest absolute Gasteiger partial charge is 0.193 e. The number of nitrogens with one attached hydrogen (secondary N) is 1. The minimum atomic E-state index is -0.333. The van der Waals surface area contributed by atoms with E-state index in [-0.39, 0.29) is 11.9 Å². The van der Waals surface area contributed by atoms with Crippen LogP contribution in [0.25, 0.3) is 4.96 Å². The predicted octanol–water partition coefficient (Wildman–Crippen LogP) is 1.86. The first-order valence-corrected chi connectivity index (χ1v) is 6.97. The lowest BCUT2D eigenvalue weighted by molar-refractivity contribution is 0.542. The Hall–Kier alpha value is -1.96. The van der Waals surface area contributed by atoms with Crippen molar-refractivity contribution in [3.8, 4) is 0 Å². The lowest BCUT2D eigenvalue weighted by atomic mass is 10.0. The van der Waals surface area contributed by atoms with Crippen LogP contribution >= 0.6 is 11.3 Å². The summed E-state index contributed by atoms with van der Waals surface area (Å²) in [4.78, 5) is 5.41. The zero-order valence-corrected chi connectivity index (χ0v) is 11.4. The molecule has 0 amide bonds. The second kappa shape index (κ2) is 5.20. The molecule has 5 N–H and O–H groups in total. The van der Waals surface area contributed by atoms with E-state index in [0.29, 0.717) is 17.7 Å². The molecule has 3 aromatic rings. The fourth-order valence-corrected chi connectivity index (χ4v) is 2.91. The standard InChI is InChI=1S/C13H14FN5S/c14-8-1-2-11(15)10(5-8)12(18-16)6-9-7-19-3-4-20-13(19)17-9/h1-5,7,12,18H,6,15-16H2. The Bertz CT molecular complexity index is 707. The second-order valence-corrected chi connectivity index (χ2v) is 5.39. The van der Waals surface area contributed by atoms with Crippen molar-refractivity contribution in [2.24, 2.45) is 5.84 Å². The number of nitrogens with zero attached hydrogens (tertiary/aromatic N) is 2. The molecular formula is C13H14FN5S. The minimum Gasteiger partial charge on any atom is -0.398 e. The highest BCUT2D eigenvalue weighted by Crippen LogP contribution is 2.24. The number of nitrogens with two attached hydrogens (primary N) is 2. The van der Waals surface area contributed by atoms with Crippen LogP contribution in [-0.2, 0) is 6.42 Å². The number of benzene rings is 1. The quantitative estimate of drug-likeness (QED) is 0.389. The van der Waals surface area contributed by atoms with Crippen molar-refractivity contribution in [2.45, 2.75) is 12.5 Å². The zero-order chi connectivity index (χ0) is 14.1. The van der Waals surface area contributed by atoms with Gasteiger partial charge in [-0.3, -0.25) is 15.7 Å². The molecule has 1 unspecified atom stereocenters. The fraction of sp³-hybridized carbons (Fsp3) is 0.154. The number of thiazole rings is 1. The number of aromatic nitrogens is 2. The van der Waals surface area contributed by atoms with Gasteiger partial charge in [-0.2, -0.15) is 0 Å². The van der Waals surface area contributed by atoms with Crippen LogP contribution in [0.1, 0.15) is 17.3 Å². The molecule has 0 bridgehead atoms. The van der Waals surface area contributed by atoms with Gasteiger partial charge in [-0.15, -0.1) is 11.3 Å². The molecule has 0 spiro atoms. The third kappa shape index (κ3) is 2.38. The van der Waals surface area contributed by atoms with Crippen molar-refractivity contribution in [1.82, 2.24) is 14.8 Å². The molecule has 2 aromatic heterocycles. The number of halogens is 1. The number of rotatable bonds is 4. The molecular weight excluding hydrogens is 277 g/mol. The lowest BCUT2D eigenvalue weighted by Gasteiger charge is -2.17. The highest BCUT2D eigenvalue weighted by atomic mass is 32.1. The van der Waals surface area contributed by atoms with Gasteiger partial charge in [0, 0.05) is 29.9 Å². The summed E-state index contributed by atoms with van der Waals surface area (Å²) in [6.45, 7) is 0. The monoisotopic (exact) mass is 291 g/mol. The molecule has 0 fully saturated rings. The van der Waals surface area contributed by atoms with Crippen LogP contribution in [0.4, 0.5) is 10.1 Å². The van der Waals surface area contributed by atoms with Crippen molar-refractivity contribution in [3.05, 3.63) is 53.0 Å². The lowest BCUT2D eigenvalue weighted by Crippen LogP contribution is -2.30. The van der Waals surface area contributed by atoms with E-state index in [9.17, 15) is 4.39 Å². The first kappa shape index (κ1) is 13.0. The van der Waals surface area contributed by atoms with E-state index in [4.69, 9.17) is 11.6 Å². The Kier molecular flexibility index (Phi) is 3.39. The summed E-state index contributed by atoms with van der Waals surface area (Å²) >= 11 is 1.56. The molecule has 0 aliphatic carbocycles. The van der Waals surface area contributed by atoms with Crippen LogP contribution in [0, 0.1) is 5.82 Å². The molecule has 0 saturated carbocycles. The average molecular weight is 291 g/mol. The van der Waals surface area contributed by atoms with Crippen molar-refractivity contribution in [1.29, 1.82) is 0 Å². The maximum atomic E-state index is 13.4. The van der Waals surface area contributed by atoms with Crippen molar-refractivity contribution < 1.29 is 4.39 Å². The van der Waals surface area contributed by atoms with Crippen LogP contribution in [0.3, 0.4) is 0 Å². The Labute approximate surface area is 119 Å². The van der Waals surface area contributed by atoms with Gasteiger partial charge in [-0.05, 0) is 23.8 Å². The van der Waals surface area contributed by atoms with Crippen LogP contribution in [-0.4, -0.2) is 9.38 Å². The van der Waals surface area contributed by atoms with Gasteiger partial charge in [-0.25, -0.2) is 9.37 Å². The highest BCUT2D eigenvalue weighted by molar-refractivity contribution is 7.15. The molecule has 104 valence electrons. The number of hydrogen-bond acceptors (Lipinski definition) is 5. The number of imidazole rings is 1. The first-order chi connectivity index (χ1) is 9.67. The highest BCUT2D eigenvalue weighted by Gasteiger charge is 2.16. The maximum Gasteiger partial charge on any atom is 0.193 e. The molecule has 5 nitrogen and oxygen atoms in total. The number of hydrogen-bond donors (Lipinski definition) is 3. The Morgan fingerprint density at radius 2 is 2.30 bits per heavy atom. The van der Waals surface area contributed by atoms with E-state index in [0.717, 1.165) is 10.7 Å². The zero-order valence-electron chi connectivity index (χ0n) is 10.6. The van der Waals surface area contributed by atoms with Gasteiger partial charge >= 0.3 is 0 Å². The second-order valence-electron chi connectivity index (χ2n) is 4.52. The molecule has 2 heterocycles. The Morgan fingerprint density at radius 1 is 1.45 bits per heavy atom. The SMILES string of the molecule is NNC(Cc1cn2ccsc2n1)c1cc(F)ccc1N. The summed E-state index contributed by atoms with van der Waals surface area (Å²) in [6.07, 6.45) is 4.42. The number of nitrogen functional groups attached to an aromatic ring is 1. The van der Waals surface area contributed by atoms with Gasteiger partial charge in [-0.1, -0.05) is 0 Å². The molecule has 1 aromatic carbocycles. The number of fused-ring (bicyclic) bond motifs is 1. The average Bonchev–Trinajstić information content (AvgIpc) is 3.00.